The number of nitrogens with one attached hydrogen (secondary N) is 1. The fourth-order valence-electron chi connectivity index (χ4n) is 2.22. The molecule has 0 spiro atoms. The lowest BCUT2D eigenvalue weighted by atomic mass is 10.1. The smallest absolute Gasteiger partial charge is 0.317 e. The first kappa shape index (κ1) is 15.3. The van der Waals surface area contributed by atoms with Crippen molar-refractivity contribution in [1.29, 1.82) is 0 Å². The monoisotopic (exact) mass is 297 g/mol. The molecular weight excluding hydrogens is 274 g/mol. The highest BCUT2D eigenvalue weighted by atomic mass is 32.1. The van der Waals surface area contributed by atoms with Gasteiger partial charge >= 0.3 is 6.03 Å². The third-order valence-electron chi connectivity index (χ3n) is 3.25. The number of rotatable bonds is 5. The largest absolute Gasteiger partial charge is 0.389 e. The highest BCUT2D eigenvalue weighted by Crippen LogP contribution is 2.42. The molecule has 0 radical (unpaired) electrons. The van der Waals surface area contributed by atoms with Crippen LogP contribution in [0.15, 0.2) is 6.20 Å². The van der Waals surface area contributed by atoms with Crippen molar-refractivity contribution in [2.24, 2.45) is 5.92 Å². The van der Waals surface area contributed by atoms with Crippen LogP contribution in [0.3, 0.4) is 0 Å². The standard InChI is InChI=1S/C14H23N3O2S/c1-9-7-15-12(20-9)11(10-5-6-10)16-13(18)17(4)8-14(2,3)19/h7,10-11,19H,5-6,8H2,1-4H3,(H,16,18). The molecule has 112 valence electrons. The maximum atomic E-state index is 12.2. The molecule has 2 amide bonds. The Balaban J connectivity index is 2.00. The molecule has 2 N–H and O–H groups in total. The molecule has 20 heavy (non-hydrogen) atoms. The lowest BCUT2D eigenvalue weighted by Crippen LogP contribution is -2.46. The zero-order valence-corrected chi connectivity index (χ0v) is 13.3. The number of urea groups is 1. The van der Waals surface area contributed by atoms with Crippen LogP contribution in [0.4, 0.5) is 4.79 Å². The van der Waals surface area contributed by atoms with Crippen LogP contribution in [0.2, 0.25) is 0 Å². The number of amides is 2. The van der Waals surface area contributed by atoms with Crippen molar-refractivity contribution in [3.63, 3.8) is 0 Å². The number of aryl methyl sites for hydroxylation is 1. The second kappa shape index (κ2) is 5.69. The number of hydrogen-bond acceptors (Lipinski definition) is 4. The summed E-state index contributed by atoms with van der Waals surface area (Å²) in [4.78, 5) is 19.3. The molecule has 1 aromatic heterocycles. The Morgan fingerprint density at radius 2 is 2.30 bits per heavy atom. The first-order valence-electron chi connectivity index (χ1n) is 6.92. The van der Waals surface area contributed by atoms with Gasteiger partial charge in [-0.15, -0.1) is 11.3 Å². The van der Waals surface area contributed by atoms with Gasteiger partial charge in [-0.2, -0.15) is 0 Å². The maximum Gasteiger partial charge on any atom is 0.317 e. The lowest BCUT2D eigenvalue weighted by Gasteiger charge is -2.27. The van der Waals surface area contributed by atoms with Gasteiger partial charge in [0.05, 0.1) is 18.2 Å². The number of aromatic nitrogens is 1. The fraction of sp³-hybridized carbons (Fsp3) is 0.714. The van der Waals surface area contributed by atoms with E-state index in [0.29, 0.717) is 12.5 Å². The van der Waals surface area contributed by atoms with Gasteiger partial charge in [-0.05, 0) is 39.5 Å². The van der Waals surface area contributed by atoms with E-state index in [1.165, 1.54) is 4.90 Å². The molecule has 1 aliphatic rings. The van der Waals surface area contributed by atoms with E-state index >= 15 is 0 Å². The van der Waals surface area contributed by atoms with E-state index in [-0.39, 0.29) is 12.1 Å². The zero-order chi connectivity index (χ0) is 14.9. The quantitative estimate of drug-likeness (QED) is 0.876. The summed E-state index contributed by atoms with van der Waals surface area (Å²) in [5.41, 5.74) is -0.890. The van der Waals surface area contributed by atoms with Gasteiger partial charge in [0.15, 0.2) is 0 Å². The zero-order valence-electron chi connectivity index (χ0n) is 12.5. The van der Waals surface area contributed by atoms with Gasteiger partial charge in [0.25, 0.3) is 0 Å². The molecule has 1 heterocycles. The van der Waals surface area contributed by atoms with Crippen LogP contribution in [-0.4, -0.2) is 40.2 Å². The summed E-state index contributed by atoms with van der Waals surface area (Å²) < 4.78 is 0. The second-order valence-electron chi connectivity index (χ2n) is 6.24. The van der Waals surface area contributed by atoms with E-state index in [1.54, 1.807) is 32.2 Å². The van der Waals surface area contributed by atoms with E-state index in [2.05, 4.69) is 10.3 Å². The first-order chi connectivity index (χ1) is 9.26. The number of carbonyl (C=O) groups excluding carboxylic acids is 1. The Morgan fingerprint density at radius 1 is 1.65 bits per heavy atom. The van der Waals surface area contributed by atoms with Crippen molar-refractivity contribution < 1.29 is 9.90 Å². The number of thiazole rings is 1. The Bertz CT molecular complexity index is 477. The van der Waals surface area contributed by atoms with Crippen molar-refractivity contribution in [3.05, 3.63) is 16.1 Å². The van der Waals surface area contributed by atoms with Crippen LogP contribution in [0, 0.1) is 12.8 Å². The SMILES string of the molecule is Cc1cnc(C(NC(=O)N(C)CC(C)(C)O)C2CC2)s1. The Morgan fingerprint density at radius 3 is 2.75 bits per heavy atom. The molecule has 1 atom stereocenters. The molecule has 1 fully saturated rings. The predicted molar refractivity (Wildman–Crippen MR) is 79.8 cm³/mol. The van der Waals surface area contributed by atoms with Crippen molar-refractivity contribution >= 4 is 17.4 Å². The summed E-state index contributed by atoms with van der Waals surface area (Å²) in [6.45, 7) is 5.71. The minimum atomic E-state index is -0.890. The van der Waals surface area contributed by atoms with Gasteiger partial charge in [0, 0.05) is 18.1 Å². The fourth-order valence-corrected chi connectivity index (χ4v) is 3.14. The molecule has 1 unspecified atom stereocenters. The molecule has 1 saturated carbocycles. The van der Waals surface area contributed by atoms with Gasteiger partial charge in [-0.1, -0.05) is 0 Å². The van der Waals surface area contributed by atoms with E-state index in [9.17, 15) is 9.90 Å². The molecule has 6 heteroatoms. The van der Waals surface area contributed by atoms with Gasteiger partial charge in [-0.25, -0.2) is 9.78 Å². The van der Waals surface area contributed by atoms with Crippen LogP contribution in [0.5, 0.6) is 0 Å². The molecule has 0 bridgehead atoms. The number of hydrogen-bond donors (Lipinski definition) is 2. The van der Waals surface area contributed by atoms with E-state index in [1.807, 2.05) is 13.1 Å². The van der Waals surface area contributed by atoms with Crippen LogP contribution in [0.25, 0.3) is 0 Å². The van der Waals surface area contributed by atoms with Gasteiger partial charge < -0.3 is 15.3 Å². The van der Waals surface area contributed by atoms with Gasteiger partial charge in [0.1, 0.15) is 5.01 Å². The van der Waals surface area contributed by atoms with E-state index in [0.717, 1.165) is 22.7 Å². The van der Waals surface area contributed by atoms with Crippen molar-refractivity contribution in [3.8, 4) is 0 Å². The van der Waals surface area contributed by atoms with Gasteiger partial charge in [0.2, 0.25) is 0 Å². The molecule has 0 saturated heterocycles. The number of carbonyl (C=O) groups is 1. The molecule has 2 rings (SSSR count). The normalized spacial score (nSPS) is 16.9. The molecular formula is C14H23N3O2S. The van der Waals surface area contributed by atoms with Crippen LogP contribution in [-0.2, 0) is 0 Å². The summed E-state index contributed by atoms with van der Waals surface area (Å²) in [5.74, 6) is 0.500. The maximum absolute atomic E-state index is 12.2. The summed E-state index contributed by atoms with van der Waals surface area (Å²) in [6, 6.07) is -0.151. The van der Waals surface area contributed by atoms with Crippen LogP contribution < -0.4 is 5.32 Å². The number of likely N-dealkylation sites (N-methyl/N-ethyl adjacent to an activating group) is 1. The van der Waals surface area contributed by atoms with Crippen molar-refractivity contribution in [2.75, 3.05) is 13.6 Å². The number of aliphatic hydroxyl groups is 1. The summed E-state index contributed by atoms with van der Waals surface area (Å²) in [7, 11) is 1.70. The lowest BCUT2D eigenvalue weighted by molar-refractivity contribution is 0.0526. The minimum absolute atomic E-state index is 0.00505. The molecule has 0 aromatic carbocycles. The molecule has 0 aliphatic heterocycles. The first-order valence-corrected chi connectivity index (χ1v) is 7.74. The van der Waals surface area contributed by atoms with E-state index < -0.39 is 5.60 Å². The molecule has 5 nitrogen and oxygen atoms in total. The van der Waals surface area contributed by atoms with E-state index in [4.69, 9.17) is 0 Å². The summed E-state index contributed by atoms with van der Waals surface area (Å²) >= 11 is 1.64. The second-order valence-corrected chi connectivity index (χ2v) is 7.51. The average Bonchev–Trinajstić information content (AvgIpc) is 3.06. The average molecular weight is 297 g/mol. The predicted octanol–water partition coefficient (Wildman–Crippen LogP) is 2.31. The third kappa shape index (κ3) is 4.18. The molecule has 1 aliphatic carbocycles. The highest BCUT2D eigenvalue weighted by molar-refractivity contribution is 7.11. The van der Waals surface area contributed by atoms with Crippen LogP contribution >= 0.6 is 11.3 Å². The molecule has 1 aromatic rings. The van der Waals surface area contributed by atoms with Crippen LogP contribution in [0.1, 0.15) is 42.6 Å². The minimum Gasteiger partial charge on any atom is -0.389 e. The Hall–Kier alpha value is -1.14. The highest BCUT2D eigenvalue weighted by Gasteiger charge is 2.36. The van der Waals surface area contributed by atoms with Gasteiger partial charge in [-0.3, -0.25) is 0 Å². The summed E-state index contributed by atoms with van der Waals surface area (Å²) in [5, 5.41) is 13.8. The Kier molecular flexibility index (Phi) is 4.34. The Labute approximate surface area is 124 Å². The topological polar surface area (TPSA) is 65.5 Å². The van der Waals surface area contributed by atoms with Crippen molar-refractivity contribution in [2.45, 2.75) is 45.3 Å². The summed E-state index contributed by atoms with van der Waals surface area (Å²) in [6.07, 6.45) is 4.12. The van der Waals surface area contributed by atoms with Crippen molar-refractivity contribution in [1.82, 2.24) is 15.2 Å². The third-order valence-corrected chi connectivity index (χ3v) is 4.24. The number of nitrogens with zero attached hydrogens (tertiary/aromatic N) is 2.